The summed E-state index contributed by atoms with van der Waals surface area (Å²) < 4.78 is 16.7. The van der Waals surface area contributed by atoms with Crippen molar-refractivity contribution < 1.29 is 19.0 Å². The summed E-state index contributed by atoms with van der Waals surface area (Å²) in [6.45, 7) is 5.04. The van der Waals surface area contributed by atoms with E-state index in [-0.39, 0.29) is 18.2 Å². The van der Waals surface area contributed by atoms with Crippen molar-refractivity contribution in [3.63, 3.8) is 0 Å². The largest absolute Gasteiger partial charge is 0.493 e. The van der Waals surface area contributed by atoms with Gasteiger partial charge in [0.1, 0.15) is 6.17 Å². The molecule has 0 spiro atoms. The van der Waals surface area contributed by atoms with E-state index < -0.39 is 0 Å². The molecule has 1 aliphatic heterocycles. The third-order valence-corrected chi connectivity index (χ3v) is 4.97. The summed E-state index contributed by atoms with van der Waals surface area (Å²) in [5.74, 6) is 1.33. The van der Waals surface area contributed by atoms with Crippen LogP contribution in [0, 0.1) is 0 Å². The Morgan fingerprint density at radius 2 is 1.93 bits per heavy atom. The van der Waals surface area contributed by atoms with Gasteiger partial charge in [0, 0.05) is 19.3 Å². The van der Waals surface area contributed by atoms with Crippen LogP contribution in [-0.2, 0) is 4.74 Å². The molecule has 1 heterocycles. The van der Waals surface area contributed by atoms with Crippen LogP contribution in [0.1, 0.15) is 42.4 Å². The lowest BCUT2D eigenvalue weighted by atomic mass is 10.0. The number of ether oxygens (including phenoxy) is 3. The Bertz CT molecular complexity index is 824. The fourth-order valence-electron chi connectivity index (χ4n) is 3.23. The minimum Gasteiger partial charge on any atom is -0.493 e. The van der Waals surface area contributed by atoms with Gasteiger partial charge in [0.15, 0.2) is 11.5 Å². The van der Waals surface area contributed by atoms with Crippen molar-refractivity contribution in [2.75, 3.05) is 32.7 Å². The first-order chi connectivity index (χ1) is 13.6. The van der Waals surface area contributed by atoms with Gasteiger partial charge in [-0.1, -0.05) is 25.1 Å². The maximum atomic E-state index is 13.1. The topological polar surface area (TPSA) is 60.0 Å². The number of para-hydroxylation sites is 1. The molecule has 2 unspecified atom stereocenters. The summed E-state index contributed by atoms with van der Waals surface area (Å²) >= 11 is 0. The molecule has 150 valence electrons. The van der Waals surface area contributed by atoms with E-state index in [1.54, 1.807) is 19.1 Å². The molecule has 2 atom stereocenters. The van der Waals surface area contributed by atoms with Crippen LogP contribution >= 0.6 is 0 Å². The van der Waals surface area contributed by atoms with Crippen LogP contribution in [0.3, 0.4) is 0 Å². The molecule has 0 saturated heterocycles. The molecular formula is C22H28N2O4. The lowest BCUT2D eigenvalue weighted by molar-refractivity contribution is 0.0609. The molecule has 0 radical (unpaired) electrons. The van der Waals surface area contributed by atoms with Gasteiger partial charge in [0.05, 0.1) is 25.4 Å². The predicted octanol–water partition coefficient (Wildman–Crippen LogP) is 4.09. The molecule has 2 aromatic carbocycles. The number of rotatable bonds is 8. The zero-order chi connectivity index (χ0) is 20.1. The molecule has 28 heavy (non-hydrogen) atoms. The molecule has 3 rings (SSSR count). The highest BCUT2D eigenvalue weighted by Crippen LogP contribution is 2.37. The van der Waals surface area contributed by atoms with Crippen molar-refractivity contribution in [2.45, 2.75) is 32.5 Å². The summed E-state index contributed by atoms with van der Waals surface area (Å²) in [7, 11) is 3.26. The van der Waals surface area contributed by atoms with E-state index in [0.29, 0.717) is 30.2 Å². The van der Waals surface area contributed by atoms with Gasteiger partial charge in [0.2, 0.25) is 0 Å². The number of carbonyl (C=O) groups excluding carboxylic acids is 1. The molecule has 2 aromatic rings. The highest BCUT2D eigenvalue weighted by atomic mass is 16.5. The van der Waals surface area contributed by atoms with Crippen LogP contribution in [0.4, 0.5) is 5.69 Å². The second kappa shape index (κ2) is 8.97. The van der Waals surface area contributed by atoms with E-state index in [2.05, 4.69) is 12.2 Å². The Morgan fingerprint density at radius 3 is 2.64 bits per heavy atom. The van der Waals surface area contributed by atoms with Crippen LogP contribution in [0.15, 0.2) is 42.5 Å². The first kappa shape index (κ1) is 20.0. The molecule has 0 saturated carbocycles. The molecule has 1 amide bonds. The number of nitrogens with one attached hydrogen (secondary N) is 1. The summed E-state index contributed by atoms with van der Waals surface area (Å²) in [5, 5.41) is 3.48. The van der Waals surface area contributed by atoms with Gasteiger partial charge in [-0.15, -0.1) is 0 Å². The molecule has 6 nitrogen and oxygen atoms in total. The highest BCUT2D eigenvalue weighted by molar-refractivity contribution is 6.01. The minimum atomic E-state index is -0.316. The normalized spacial score (nSPS) is 16.9. The van der Waals surface area contributed by atoms with Gasteiger partial charge >= 0.3 is 0 Å². The molecule has 6 heteroatoms. The van der Waals surface area contributed by atoms with Gasteiger partial charge in [0.25, 0.3) is 5.91 Å². The van der Waals surface area contributed by atoms with Crippen LogP contribution in [0.25, 0.3) is 0 Å². The first-order valence-electron chi connectivity index (χ1n) is 9.59. The number of methoxy groups -OCH3 is 2. The van der Waals surface area contributed by atoms with Crippen LogP contribution in [-0.4, -0.2) is 44.3 Å². The fourth-order valence-corrected chi connectivity index (χ4v) is 3.23. The Morgan fingerprint density at radius 1 is 1.14 bits per heavy atom. The van der Waals surface area contributed by atoms with Crippen LogP contribution < -0.4 is 14.8 Å². The highest BCUT2D eigenvalue weighted by Gasteiger charge is 2.33. The van der Waals surface area contributed by atoms with Gasteiger partial charge < -0.3 is 24.4 Å². The van der Waals surface area contributed by atoms with Crippen molar-refractivity contribution in [3.05, 3.63) is 53.6 Å². The molecular weight excluding hydrogens is 356 g/mol. The Labute approximate surface area is 166 Å². The standard InChI is InChI=1S/C22H28N2O4/c1-5-15(2)28-19-11-10-16(14-20(19)27-4)21-23-18-9-7-6-8-17(18)22(25)24(21)12-13-26-3/h6-11,14-15,21,23H,5,12-13H2,1-4H3. The number of anilines is 1. The van der Waals surface area contributed by atoms with Gasteiger partial charge in [-0.2, -0.15) is 0 Å². The Hall–Kier alpha value is -2.73. The first-order valence-corrected chi connectivity index (χ1v) is 9.59. The maximum Gasteiger partial charge on any atom is 0.257 e. The Balaban J connectivity index is 1.96. The quantitative estimate of drug-likeness (QED) is 0.743. The zero-order valence-corrected chi connectivity index (χ0v) is 16.9. The third-order valence-electron chi connectivity index (χ3n) is 4.97. The number of hydrogen-bond acceptors (Lipinski definition) is 5. The second-order valence-corrected chi connectivity index (χ2v) is 6.83. The smallest absolute Gasteiger partial charge is 0.257 e. The molecule has 1 aliphatic rings. The van der Waals surface area contributed by atoms with Gasteiger partial charge in [-0.25, -0.2) is 0 Å². The lowest BCUT2D eigenvalue weighted by Gasteiger charge is -2.38. The SMILES string of the molecule is CCC(C)Oc1ccc(C2Nc3ccccc3C(=O)N2CCOC)cc1OC. The number of fused-ring (bicyclic) bond motifs is 1. The van der Waals surface area contributed by atoms with E-state index in [9.17, 15) is 4.79 Å². The van der Waals surface area contributed by atoms with Crippen molar-refractivity contribution in [1.82, 2.24) is 4.90 Å². The van der Waals surface area contributed by atoms with E-state index in [0.717, 1.165) is 17.7 Å². The average Bonchev–Trinajstić information content (AvgIpc) is 2.73. The van der Waals surface area contributed by atoms with Crippen molar-refractivity contribution >= 4 is 11.6 Å². The van der Waals surface area contributed by atoms with Crippen molar-refractivity contribution in [3.8, 4) is 11.5 Å². The van der Waals surface area contributed by atoms with Crippen LogP contribution in [0.5, 0.6) is 11.5 Å². The van der Waals surface area contributed by atoms with Gasteiger partial charge in [-0.05, 0) is 43.2 Å². The second-order valence-electron chi connectivity index (χ2n) is 6.83. The summed E-state index contributed by atoms with van der Waals surface area (Å²) in [6.07, 6.45) is 0.689. The molecule has 1 N–H and O–H groups in total. The minimum absolute atomic E-state index is 0.0182. The average molecular weight is 384 g/mol. The molecule has 0 bridgehead atoms. The van der Waals surface area contributed by atoms with Crippen LogP contribution in [0.2, 0.25) is 0 Å². The maximum absolute atomic E-state index is 13.1. The summed E-state index contributed by atoms with van der Waals surface area (Å²) in [4.78, 5) is 14.9. The fraction of sp³-hybridized carbons (Fsp3) is 0.409. The number of amides is 1. The lowest BCUT2D eigenvalue weighted by Crippen LogP contribution is -2.44. The van der Waals surface area contributed by atoms with E-state index >= 15 is 0 Å². The number of nitrogens with zero attached hydrogens (tertiary/aromatic N) is 1. The third kappa shape index (κ3) is 4.07. The number of carbonyl (C=O) groups is 1. The predicted molar refractivity (Wildman–Crippen MR) is 109 cm³/mol. The summed E-state index contributed by atoms with van der Waals surface area (Å²) in [5.41, 5.74) is 2.41. The Kier molecular flexibility index (Phi) is 6.41. The number of hydrogen-bond donors (Lipinski definition) is 1. The van der Waals surface area contributed by atoms with E-state index in [4.69, 9.17) is 14.2 Å². The monoisotopic (exact) mass is 384 g/mol. The summed E-state index contributed by atoms with van der Waals surface area (Å²) in [6, 6.07) is 13.4. The molecule has 0 aromatic heterocycles. The van der Waals surface area contributed by atoms with Crippen molar-refractivity contribution in [1.29, 1.82) is 0 Å². The van der Waals surface area contributed by atoms with Crippen molar-refractivity contribution in [2.24, 2.45) is 0 Å². The molecule has 0 aliphatic carbocycles. The zero-order valence-electron chi connectivity index (χ0n) is 16.9. The molecule has 0 fully saturated rings. The van der Waals surface area contributed by atoms with Gasteiger partial charge in [-0.3, -0.25) is 4.79 Å². The van der Waals surface area contributed by atoms with E-state index in [1.165, 1.54) is 0 Å². The van der Waals surface area contributed by atoms with E-state index in [1.807, 2.05) is 49.4 Å². The number of benzene rings is 2.